The van der Waals surface area contributed by atoms with Crippen molar-refractivity contribution in [3.8, 4) is 5.75 Å². The largest absolute Gasteiger partial charge is 0.497 e. The number of nitrogens with zero attached hydrogens (tertiary/aromatic N) is 2. The summed E-state index contributed by atoms with van der Waals surface area (Å²) in [7, 11) is 1.65. The van der Waals surface area contributed by atoms with Gasteiger partial charge in [0.05, 0.1) is 7.11 Å². The van der Waals surface area contributed by atoms with Crippen molar-refractivity contribution in [2.75, 3.05) is 24.3 Å². The minimum Gasteiger partial charge on any atom is -0.497 e. The molecule has 0 aliphatic rings. The highest BCUT2D eigenvalue weighted by Gasteiger charge is 2.11. The molecule has 0 aliphatic carbocycles. The van der Waals surface area contributed by atoms with Crippen molar-refractivity contribution in [3.63, 3.8) is 0 Å². The number of hydrogen-bond acceptors (Lipinski definition) is 6. The van der Waals surface area contributed by atoms with Crippen LogP contribution in [0.25, 0.3) is 21.8 Å². The number of nitrogens with two attached hydrogens (primary N) is 1. The van der Waals surface area contributed by atoms with Gasteiger partial charge in [-0.25, -0.2) is 4.98 Å². The molecule has 0 saturated heterocycles. The summed E-state index contributed by atoms with van der Waals surface area (Å²) in [6.45, 7) is 2.59. The van der Waals surface area contributed by atoms with E-state index >= 15 is 0 Å². The zero-order valence-corrected chi connectivity index (χ0v) is 18.9. The highest BCUT2D eigenvalue weighted by molar-refractivity contribution is 5.92. The molecule has 3 aromatic heterocycles. The Hall–Kier alpha value is -4.53. The Bertz CT molecular complexity index is 1500. The third-order valence-electron chi connectivity index (χ3n) is 5.66. The van der Waals surface area contributed by atoms with Crippen LogP contribution in [0.5, 0.6) is 5.75 Å². The van der Waals surface area contributed by atoms with E-state index in [0.29, 0.717) is 18.3 Å². The summed E-state index contributed by atoms with van der Waals surface area (Å²) in [6, 6.07) is 15.5. The monoisotopic (exact) mass is 455 g/mol. The summed E-state index contributed by atoms with van der Waals surface area (Å²) in [5.74, 6) is 1.00. The van der Waals surface area contributed by atoms with E-state index in [-0.39, 0.29) is 5.69 Å². The van der Waals surface area contributed by atoms with Crippen LogP contribution in [0.15, 0.2) is 54.7 Å². The van der Waals surface area contributed by atoms with E-state index in [4.69, 9.17) is 10.5 Å². The van der Waals surface area contributed by atoms with Gasteiger partial charge in [0.25, 0.3) is 5.91 Å². The third kappa shape index (κ3) is 4.36. The van der Waals surface area contributed by atoms with E-state index in [2.05, 4.69) is 36.6 Å². The lowest BCUT2D eigenvalue weighted by Crippen LogP contribution is -2.17. The summed E-state index contributed by atoms with van der Waals surface area (Å²) in [5.41, 5.74) is 10.8. The van der Waals surface area contributed by atoms with E-state index in [1.807, 2.05) is 49.5 Å². The van der Waals surface area contributed by atoms with Crippen LogP contribution in [0.2, 0.25) is 0 Å². The molecule has 0 saturated carbocycles. The SMILES string of the molecule is COc1ccc2[nH]cc(CCNc3nc(Nc4ccc5[nH]c(C)cc5c4)cc(C(N)=O)n3)c2c1. The molecule has 2 aromatic carbocycles. The Morgan fingerprint density at radius 3 is 2.76 bits per heavy atom. The molecule has 34 heavy (non-hydrogen) atoms. The van der Waals surface area contributed by atoms with Gasteiger partial charge >= 0.3 is 0 Å². The number of aryl methyl sites for hydroxylation is 1. The molecule has 9 nitrogen and oxygen atoms in total. The number of methoxy groups -OCH3 is 1. The lowest BCUT2D eigenvalue weighted by molar-refractivity contribution is 0.0995. The van der Waals surface area contributed by atoms with Gasteiger partial charge in [-0.05, 0) is 61.4 Å². The number of primary amides is 1. The van der Waals surface area contributed by atoms with Crippen molar-refractivity contribution in [2.24, 2.45) is 5.73 Å². The standard InChI is InChI=1S/C25H25N7O2/c1-14-9-16-10-17(3-5-20(16)29-14)30-23-12-22(24(26)33)31-25(32-23)27-8-7-15-13-28-21-6-4-18(34-2)11-19(15)21/h3-6,9-13,28-29H,7-8H2,1-2H3,(H2,26,33)(H2,27,30,31,32). The van der Waals surface area contributed by atoms with E-state index in [1.165, 1.54) is 0 Å². The van der Waals surface area contributed by atoms with Gasteiger partial charge in [-0.15, -0.1) is 0 Å². The second-order valence-corrected chi connectivity index (χ2v) is 8.11. The van der Waals surface area contributed by atoms with Gasteiger partial charge in [-0.2, -0.15) is 4.98 Å². The molecule has 0 radical (unpaired) electrons. The Morgan fingerprint density at radius 1 is 1.09 bits per heavy atom. The number of benzene rings is 2. The maximum atomic E-state index is 11.9. The first kappa shape index (κ1) is 21.3. The minimum atomic E-state index is -0.617. The van der Waals surface area contributed by atoms with Crippen LogP contribution >= 0.6 is 0 Å². The van der Waals surface area contributed by atoms with Gasteiger partial charge in [-0.1, -0.05) is 0 Å². The molecule has 0 spiro atoms. The molecule has 0 fully saturated rings. The van der Waals surface area contributed by atoms with Gasteiger partial charge < -0.3 is 31.1 Å². The molecule has 5 rings (SSSR count). The zero-order chi connectivity index (χ0) is 23.7. The highest BCUT2D eigenvalue weighted by Crippen LogP contribution is 2.25. The number of rotatable bonds is 8. The Balaban J connectivity index is 1.33. The fourth-order valence-corrected chi connectivity index (χ4v) is 4.02. The predicted octanol–water partition coefficient (Wildman–Crippen LogP) is 4.25. The topological polar surface area (TPSA) is 134 Å². The normalized spacial score (nSPS) is 11.1. The Morgan fingerprint density at radius 2 is 1.94 bits per heavy atom. The van der Waals surface area contributed by atoms with Crippen LogP contribution in [-0.2, 0) is 6.42 Å². The van der Waals surface area contributed by atoms with Crippen molar-refractivity contribution < 1.29 is 9.53 Å². The predicted molar refractivity (Wildman–Crippen MR) is 134 cm³/mol. The number of ether oxygens (including phenoxy) is 1. The van der Waals surface area contributed by atoms with Gasteiger partial charge in [0.1, 0.15) is 17.3 Å². The zero-order valence-electron chi connectivity index (χ0n) is 18.9. The fourth-order valence-electron chi connectivity index (χ4n) is 4.02. The van der Waals surface area contributed by atoms with Crippen LogP contribution in [-0.4, -0.2) is 39.5 Å². The van der Waals surface area contributed by atoms with Gasteiger partial charge in [0.15, 0.2) is 0 Å². The van der Waals surface area contributed by atoms with Crippen LogP contribution in [0.4, 0.5) is 17.5 Å². The summed E-state index contributed by atoms with van der Waals surface area (Å²) in [5, 5.41) is 8.65. The van der Waals surface area contributed by atoms with Crippen LogP contribution in [0.3, 0.4) is 0 Å². The molecular weight excluding hydrogens is 430 g/mol. The fraction of sp³-hybridized carbons (Fsp3) is 0.160. The number of carbonyl (C=O) groups excluding carboxylic acids is 1. The summed E-state index contributed by atoms with van der Waals surface area (Å²) >= 11 is 0. The second-order valence-electron chi connectivity index (χ2n) is 8.11. The number of amides is 1. The second kappa shape index (κ2) is 8.78. The summed E-state index contributed by atoms with van der Waals surface area (Å²) in [6.07, 6.45) is 2.71. The van der Waals surface area contributed by atoms with Gasteiger partial charge in [0, 0.05) is 52.0 Å². The number of H-pyrrole nitrogens is 2. The van der Waals surface area contributed by atoms with Crippen molar-refractivity contribution in [3.05, 3.63) is 71.7 Å². The number of aromatic amines is 2. The number of aromatic nitrogens is 4. The van der Waals surface area contributed by atoms with Crippen molar-refractivity contribution in [2.45, 2.75) is 13.3 Å². The number of carbonyl (C=O) groups is 1. The lowest BCUT2D eigenvalue weighted by Gasteiger charge is -2.10. The maximum absolute atomic E-state index is 11.9. The van der Waals surface area contributed by atoms with Gasteiger partial charge in [-0.3, -0.25) is 4.79 Å². The molecule has 0 bridgehead atoms. The molecule has 6 N–H and O–H groups in total. The summed E-state index contributed by atoms with van der Waals surface area (Å²) < 4.78 is 5.34. The molecule has 3 heterocycles. The molecular formula is C25H25N7O2. The third-order valence-corrected chi connectivity index (χ3v) is 5.66. The van der Waals surface area contributed by atoms with Crippen LogP contribution < -0.4 is 21.1 Å². The van der Waals surface area contributed by atoms with Crippen molar-refractivity contribution >= 4 is 45.2 Å². The van der Waals surface area contributed by atoms with Crippen molar-refractivity contribution in [1.29, 1.82) is 0 Å². The average molecular weight is 456 g/mol. The average Bonchev–Trinajstić information content (AvgIpc) is 3.40. The lowest BCUT2D eigenvalue weighted by atomic mass is 10.1. The Kier molecular flexibility index (Phi) is 5.51. The quantitative estimate of drug-likeness (QED) is 0.237. The molecule has 9 heteroatoms. The molecule has 1 amide bonds. The smallest absolute Gasteiger partial charge is 0.267 e. The number of hydrogen-bond donors (Lipinski definition) is 5. The first-order valence-corrected chi connectivity index (χ1v) is 10.9. The van der Waals surface area contributed by atoms with Crippen LogP contribution in [0, 0.1) is 6.92 Å². The molecule has 172 valence electrons. The number of fused-ring (bicyclic) bond motifs is 2. The minimum absolute atomic E-state index is 0.135. The molecule has 0 aliphatic heterocycles. The van der Waals surface area contributed by atoms with E-state index in [9.17, 15) is 4.79 Å². The first-order valence-electron chi connectivity index (χ1n) is 10.9. The maximum Gasteiger partial charge on any atom is 0.267 e. The van der Waals surface area contributed by atoms with E-state index in [1.54, 1.807) is 13.2 Å². The Labute approximate surface area is 195 Å². The van der Waals surface area contributed by atoms with Crippen molar-refractivity contribution in [1.82, 2.24) is 19.9 Å². The molecule has 0 unspecified atom stereocenters. The van der Waals surface area contributed by atoms with E-state index in [0.717, 1.165) is 50.9 Å². The van der Waals surface area contributed by atoms with Crippen LogP contribution in [0.1, 0.15) is 21.7 Å². The number of anilines is 3. The van der Waals surface area contributed by atoms with E-state index < -0.39 is 5.91 Å². The first-order chi connectivity index (χ1) is 16.5. The molecule has 5 aromatic rings. The van der Waals surface area contributed by atoms with Gasteiger partial charge in [0.2, 0.25) is 5.95 Å². The highest BCUT2D eigenvalue weighted by atomic mass is 16.5. The number of nitrogens with one attached hydrogen (secondary N) is 4. The molecule has 0 atom stereocenters. The summed E-state index contributed by atoms with van der Waals surface area (Å²) in [4.78, 5) is 27.2.